The van der Waals surface area contributed by atoms with Gasteiger partial charge in [0.25, 0.3) is 5.91 Å². The van der Waals surface area contributed by atoms with Crippen molar-refractivity contribution in [2.75, 3.05) is 19.7 Å². The predicted octanol–water partition coefficient (Wildman–Crippen LogP) is 2.80. The van der Waals surface area contributed by atoms with Crippen LogP contribution in [0.1, 0.15) is 35.7 Å². The summed E-state index contributed by atoms with van der Waals surface area (Å²) in [4.78, 5) is 12.6. The zero-order valence-corrected chi connectivity index (χ0v) is 16.2. The van der Waals surface area contributed by atoms with E-state index >= 15 is 0 Å². The third-order valence-electron chi connectivity index (χ3n) is 4.49. The van der Waals surface area contributed by atoms with Crippen LogP contribution < -0.4 is 10.1 Å². The molecule has 0 unspecified atom stereocenters. The fourth-order valence-electron chi connectivity index (χ4n) is 3.03. The average Bonchev–Trinajstić information content (AvgIpc) is 3.23. The predicted molar refractivity (Wildman–Crippen MR) is 103 cm³/mol. The van der Waals surface area contributed by atoms with E-state index in [0.29, 0.717) is 31.8 Å². The van der Waals surface area contributed by atoms with Crippen LogP contribution in [0.4, 0.5) is 0 Å². The van der Waals surface area contributed by atoms with Gasteiger partial charge < -0.3 is 10.1 Å². The molecule has 2 aromatic carbocycles. The zero-order chi connectivity index (χ0) is 19.3. The van der Waals surface area contributed by atoms with E-state index in [0.717, 1.165) is 24.2 Å². The number of ether oxygens (including phenoxy) is 1. The van der Waals surface area contributed by atoms with Gasteiger partial charge in [-0.3, -0.25) is 4.79 Å². The van der Waals surface area contributed by atoms with Gasteiger partial charge in [0.15, 0.2) is 0 Å². The highest BCUT2D eigenvalue weighted by molar-refractivity contribution is 7.89. The number of nitrogens with one attached hydrogen (secondary N) is 1. The molecule has 6 nitrogen and oxygen atoms in total. The number of sulfonamides is 1. The number of nitrogens with zero attached hydrogens (tertiary/aromatic N) is 1. The number of rotatable bonds is 7. The molecule has 2 aromatic rings. The maximum absolute atomic E-state index is 12.7. The van der Waals surface area contributed by atoms with Crippen molar-refractivity contribution in [1.82, 2.24) is 9.62 Å². The molecule has 27 heavy (non-hydrogen) atoms. The summed E-state index contributed by atoms with van der Waals surface area (Å²) in [5, 5.41) is 2.83. The lowest BCUT2D eigenvalue weighted by molar-refractivity contribution is 0.0950. The van der Waals surface area contributed by atoms with Gasteiger partial charge in [-0.15, -0.1) is 0 Å². The van der Waals surface area contributed by atoms with Crippen LogP contribution >= 0.6 is 0 Å². The first kappa shape index (κ1) is 19.4. The van der Waals surface area contributed by atoms with Crippen LogP contribution in [0.5, 0.6) is 5.75 Å². The Hall–Kier alpha value is -2.38. The summed E-state index contributed by atoms with van der Waals surface area (Å²) in [6.07, 6.45) is 1.75. The molecule has 1 fully saturated rings. The summed E-state index contributed by atoms with van der Waals surface area (Å²) in [6.45, 7) is 3.96. The lowest BCUT2D eigenvalue weighted by atomic mass is 10.2. The fourth-order valence-corrected chi connectivity index (χ4v) is 4.59. The number of carbonyl (C=O) groups is 1. The third kappa shape index (κ3) is 4.67. The van der Waals surface area contributed by atoms with E-state index in [2.05, 4.69) is 5.32 Å². The van der Waals surface area contributed by atoms with Crippen LogP contribution in [-0.2, 0) is 16.6 Å². The maximum Gasteiger partial charge on any atom is 0.251 e. The smallest absolute Gasteiger partial charge is 0.251 e. The summed E-state index contributed by atoms with van der Waals surface area (Å²) >= 11 is 0. The highest BCUT2D eigenvalue weighted by atomic mass is 32.2. The first-order valence-electron chi connectivity index (χ1n) is 9.11. The minimum atomic E-state index is -3.53. The van der Waals surface area contributed by atoms with Crippen LogP contribution in [0.25, 0.3) is 0 Å². The van der Waals surface area contributed by atoms with Gasteiger partial charge in [-0.1, -0.05) is 18.2 Å². The second-order valence-corrected chi connectivity index (χ2v) is 8.34. The van der Waals surface area contributed by atoms with Crippen LogP contribution in [0.15, 0.2) is 53.4 Å². The normalized spacial score (nSPS) is 14.9. The van der Waals surface area contributed by atoms with Crippen molar-refractivity contribution in [1.29, 1.82) is 0 Å². The molecule has 1 heterocycles. The van der Waals surface area contributed by atoms with Gasteiger partial charge in [0.05, 0.1) is 11.5 Å². The van der Waals surface area contributed by atoms with Gasteiger partial charge in [-0.05, 0) is 55.7 Å². The summed E-state index contributed by atoms with van der Waals surface area (Å²) < 4.78 is 32.2. The molecule has 0 bridgehead atoms. The molecule has 1 N–H and O–H groups in total. The molecule has 1 saturated heterocycles. The number of carbonyl (C=O) groups excluding carboxylic acids is 1. The molecule has 0 aromatic heterocycles. The van der Waals surface area contributed by atoms with Gasteiger partial charge in [-0.2, -0.15) is 4.31 Å². The molecule has 1 aliphatic rings. The van der Waals surface area contributed by atoms with E-state index in [-0.39, 0.29) is 10.8 Å². The molecule has 1 aliphatic heterocycles. The van der Waals surface area contributed by atoms with Gasteiger partial charge in [0.1, 0.15) is 5.75 Å². The molecule has 0 radical (unpaired) electrons. The molecular formula is C20H24N2O4S. The maximum atomic E-state index is 12.7. The van der Waals surface area contributed by atoms with Gasteiger partial charge in [0, 0.05) is 25.2 Å². The molecule has 0 spiro atoms. The van der Waals surface area contributed by atoms with E-state index in [1.807, 2.05) is 31.2 Å². The van der Waals surface area contributed by atoms with Crippen molar-refractivity contribution < 1.29 is 17.9 Å². The zero-order valence-electron chi connectivity index (χ0n) is 15.3. The van der Waals surface area contributed by atoms with E-state index < -0.39 is 10.0 Å². The minimum Gasteiger partial charge on any atom is -0.494 e. The average molecular weight is 388 g/mol. The molecule has 0 atom stereocenters. The fraction of sp³-hybridized carbons (Fsp3) is 0.350. The third-order valence-corrected chi connectivity index (χ3v) is 6.38. The van der Waals surface area contributed by atoms with E-state index in [4.69, 9.17) is 4.74 Å². The Labute approximate surface area is 160 Å². The molecule has 144 valence electrons. The molecule has 7 heteroatoms. The lowest BCUT2D eigenvalue weighted by Crippen LogP contribution is -2.28. The van der Waals surface area contributed by atoms with Gasteiger partial charge in [-0.25, -0.2) is 8.42 Å². The molecule has 0 saturated carbocycles. The Morgan fingerprint density at radius 1 is 1.11 bits per heavy atom. The van der Waals surface area contributed by atoms with Crippen LogP contribution in [0.2, 0.25) is 0 Å². The quantitative estimate of drug-likeness (QED) is 0.791. The van der Waals surface area contributed by atoms with Crippen molar-refractivity contribution >= 4 is 15.9 Å². The summed E-state index contributed by atoms with van der Waals surface area (Å²) in [5.41, 5.74) is 1.27. The van der Waals surface area contributed by atoms with Crippen LogP contribution in [-0.4, -0.2) is 38.3 Å². The molecule has 3 rings (SSSR count). The second-order valence-electron chi connectivity index (χ2n) is 6.40. The standard InChI is InChI=1S/C20H24N2O4S/c1-2-26-18-10-8-16(9-11-18)15-21-20(23)17-6-5-7-19(14-17)27(24,25)22-12-3-4-13-22/h5-11,14H,2-4,12-13,15H2,1H3,(H,21,23). The highest BCUT2D eigenvalue weighted by Crippen LogP contribution is 2.21. The monoisotopic (exact) mass is 388 g/mol. The first-order valence-corrected chi connectivity index (χ1v) is 10.5. The number of benzene rings is 2. The molecule has 0 aliphatic carbocycles. The van der Waals surface area contributed by atoms with Crippen molar-refractivity contribution in [3.63, 3.8) is 0 Å². The largest absolute Gasteiger partial charge is 0.494 e. The lowest BCUT2D eigenvalue weighted by Gasteiger charge is -2.16. The van der Waals surface area contributed by atoms with Crippen molar-refractivity contribution in [3.8, 4) is 5.75 Å². The number of hydrogen-bond acceptors (Lipinski definition) is 4. The van der Waals surface area contributed by atoms with Crippen LogP contribution in [0.3, 0.4) is 0 Å². The van der Waals surface area contributed by atoms with Crippen LogP contribution in [0, 0.1) is 0 Å². The van der Waals surface area contributed by atoms with Gasteiger partial charge in [0.2, 0.25) is 10.0 Å². The SMILES string of the molecule is CCOc1ccc(CNC(=O)c2cccc(S(=O)(=O)N3CCCC3)c2)cc1. The summed E-state index contributed by atoms with van der Waals surface area (Å²) in [5.74, 6) is 0.481. The Bertz CT molecular complexity index is 888. The van der Waals surface area contributed by atoms with Crippen molar-refractivity contribution in [2.24, 2.45) is 0 Å². The second kappa shape index (κ2) is 8.54. The molecule has 1 amide bonds. The Kier molecular flexibility index (Phi) is 6.13. The topological polar surface area (TPSA) is 75.7 Å². The van der Waals surface area contributed by atoms with Crippen molar-refractivity contribution in [3.05, 3.63) is 59.7 Å². The summed E-state index contributed by atoms with van der Waals surface area (Å²) in [6, 6.07) is 13.7. The number of hydrogen-bond donors (Lipinski definition) is 1. The highest BCUT2D eigenvalue weighted by Gasteiger charge is 2.27. The minimum absolute atomic E-state index is 0.165. The summed E-state index contributed by atoms with van der Waals surface area (Å²) in [7, 11) is -3.53. The first-order chi connectivity index (χ1) is 13.0. The van der Waals surface area contributed by atoms with E-state index in [9.17, 15) is 13.2 Å². The molecular weight excluding hydrogens is 364 g/mol. The van der Waals surface area contributed by atoms with E-state index in [1.54, 1.807) is 12.1 Å². The van der Waals surface area contributed by atoms with Crippen molar-refractivity contribution in [2.45, 2.75) is 31.2 Å². The Morgan fingerprint density at radius 2 is 1.81 bits per heavy atom. The van der Waals surface area contributed by atoms with Gasteiger partial charge >= 0.3 is 0 Å². The number of amides is 1. The Balaban J connectivity index is 1.66. The Morgan fingerprint density at radius 3 is 2.48 bits per heavy atom. The van der Waals surface area contributed by atoms with E-state index in [1.165, 1.54) is 16.4 Å².